The lowest BCUT2D eigenvalue weighted by molar-refractivity contribution is 0.164. The molecular formula is C10H20N2. The van der Waals surface area contributed by atoms with Crippen molar-refractivity contribution in [2.75, 3.05) is 32.7 Å². The van der Waals surface area contributed by atoms with Crippen LogP contribution in [0.1, 0.15) is 20.3 Å². The minimum absolute atomic E-state index is 0.689. The molecule has 0 bridgehead atoms. The Balaban J connectivity index is 1.81. The zero-order chi connectivity index (χ0) is 8.60. The molecule has 0 amide bonds. The summed E-state index contributed by atoms with van der Waals surface area (Å²) in [6.07, 6.45) is 1.42. The van der Waals surface area contributed by atoms with Gasteiger partial charge in [0.1, 0.15) is 0 Å². The van der Waals surface area contributed by atoms with E-state index in [0.29, 0.717) is 5.41 Å². The number of hydrogen-bond acceptors (Lipinski definition) is 2. The van der Waals surface area contributed by atoms with Crippen LogP contribution in [0.5, 0.6) is 0 Å². The van der Waals surface area contributed by atoms with Gasteiger partial charge in [0.2, 0.25) is 0 Å². The molecule has 2 heteroatoms. The van der Waals surface area contributed by atoms with E-state index in [9.17, 15) is 0 Å². The van der Waals surface area contributed by atoms with Crippen molar-refractivity contribution in [3.8, 4) is 0 Å². The number of likely N-dealkylation sites (tertiary alicyclic amines) is 1. The molecule has 1 N–H and O–H groups in total. The summed E-state index contributed by atoms with van der Waals surface area (Å²) in [4.78, 5) is 2.63. The molecule has 70 valence electrons. The number of nitrogens with one attached hydrogen (secondary N) is 1. The van der Waals surface area contributed by atoms with Crippen LogP contribution in [0.15, 0.2) is 0 Å². The maximum atomic E-state index is 3.39. The monoisotopic (exact) mass is 168 g/mol. The molecule has 2 nitrogen and oxygen atoms in total. The molecule has 0 aromatic heterocycles. The first-order valence-electron chi connectivity index (χ1n) is 5.13. The Morgan fingerprint density at radius 3 is 2.58 bits per heavy atom. The third-order valence-corrected chi connectivity index (χ3v) is 3.14. The predicted molar refractivity (Wildman–Crippen MR) is 51.2 cm³/mol. The van der Waals surface area contributed by atoms with Crippen molar-refractivity contribution in [1.29, 1.82) is 0 Å². The molecule has 0 saturated carbocycles. The minimum atomic E-state index is 0.689. The summed E-state index contributed by atoms with van der Waals surface area (Å²) in [6.45, 7) is 11.1. The van der Waals surface area contributed by atoms with Gasteiger partial charge in [-0.1, -0.05) is 13.8 Å². The molecule has 2 saturated heterocycles. The van der Waals surface area contributed by atoms with E-state index in [-0.39, 0.29) is 0 Å². The lowest BCUT2D eigenvalue weighted by Gasteiger charge is -2.39. The van der Waals surface area contributed by atoms with E-state index >= 15 is 0 Å². The maximum Gasteiger partial charge on any atom is 0.00918 e. The van der Waals surface area contributed by atoms with Crippen molar-refractivity contribution in [3.05, 3.63) is 0 Å². The Morgan fingerprint density at radius 2 is 2.17 bits per heavy atom. The summed E-state index contributed by atoms with van der Waals surface area (Å²) in [5, 5.41) is 3.39. The van der Waals surface area contributed by atoms with Gasteiger partial charge in [-0.3, -0.25) is 0 Å². The van der Waals surface area contributed by atoms with Crippen LogP contribution < -0.4 is 5.32 Å². The Hall–Kier alpha value is -0.0800. The van der Waals surface area contributed by atoms with Crippen LogP contribution >= 0.6 is 0 Å². The van der Waals surface area contributed by atoms with E-state index in [0.717, 1.165) is 5.92 Å². The molecule has 1 spiro atoms. The standard InChI is InChI=1S/C10H20N2/c1-9(2)5-12-4-3-10(8-12)6-11-7-10/h9,11H,3-8H2,1-2H3. The molecule has 0 aromatic carbocycles. The largest absolute Gasteiger partial charge is 0.315 e. The molecular weight excluding hydrogens is 148 g/mol. The number of hydrogen-bond donors (Lipinski definition) is 1. The highest BCUT2D eigenvalue weighted by atomic mass is 15.2. The van der Waals surface area contributed by atoms with E-state index in [1.54, 1.807) is 0 Å². The molecule has 0 aliphatic carbocycles. The lowest BCUT2D eigenvalue weighted by atomic mass is 9.81. The van der Waals surface area contributed by atoms with E-state index in [2.05, 4.69) is 24.1 Å². The smallest absolute Gasteiger partial charge is 0.00918 e. The normalized spacial score (nSPS) is 28.2. The highest BCUT2D eigenvalue weighted by Crippen LogP contribution is 2.34. The van der Waals surface area contributed by atoms with Gasteiger partial charge >= 0.3 is 0 Å². The molecule has 12 heavy (non-hydrogen) atoms. The highest BCUT2D eigenvalue weighted by molar-refractivity contribution is 4.99. The van der Waals surface area contributed by atoms with Crippen LogP contribution in [0.2, 0.25) is 0 Å². The van der Waals surface area contributed by atoms with Crippen LogP contribution in [0.3, 0.4) is 0 Å². The summed E-state index contributed by atoms with van der Waals surface area (Å²) >= 11 is 0. The number of nitrogens with zero attached hydrogens (tertiary/aromatic N) is 1. The molecule has 2 fully saturated rings. The fourth-order valence-corrected chi connectivity index (χ4v) is 2.47. The minimum Gasteiger partial charge on any atom is -0.315 e. The van der Waals surface area contributed by atoms with Gasteiger partial charge in [0, 0.05) is 31.6 Å². The van der Waals surface area contributed by atoms with Gasteiger partial charge in [0.15, 0.2) is 0 Å². The van der Waals surface area contributed by atoms with Crippen LogP contribution in [-0.2, 0) is 0 Å². The van der Waals surface area contributed by atoms with Crippen LogP contribution in [0.4, 0.5) is 0 Å². The third-order valence-electron chi connectivity index (χ3n) is 3.14. The van der Waals surface area contributed by atoms with Crippen LogP contribution in [0.25, 0.3) is 0 Å². The van der Waals surface area contributed by atoms with E-state index < -0.39 is 0 Å². The second kappa shape index (κ2) is 3.00. The van der Waals surface area contributed by atoms with Crippen LogP contribution in [-0.4, -0.2) is 37.6 Å². The first-order valence-corrected chi connectivity index (χ1v) is 5.13. The summed E-state index contributed by atoms with van der Waals surface area (Å²) < 4.78 is 0. The second-order valence-electron chi connectivity index (χ2n) is 4.98. The topological polar surface area (TPSA) is 15.3 Å². The van der Waals surface area contributed by atoms with Crippen molar-refractivity contribution < 1.29 is 0 Å². The first kappa shape index (κ1) is 8.52. The molecule has 0 unspecified atom stereocenters. The van der Waals surface area contributed by atoms with E-state index in [1.165, 1.54) is 39.1 Å². The third kappa shape index (κ3) is 1.50. The van der Waals surface area contributed by atoms with Crippen LogP contribution in [0, 0.1) is 11.3 Å². The molecule has 0 atom stereocenters. The highest BCUT2D eigenvalue weighted by Gasteiger charge is 2.42. The Bertz CT molecular complexity index is 161. The average molecular weight is 168 g/mol. The zero-order valence-corrected chi connectivity index (χ0v) is 8.27. The maximum absolute atomic E-state index is 3.39. The van der Waals surface area contributed by atoms with Crippen molar-refractivity contribution in [2.45, 2.75) is 20.3 Å². The summed E-state index contributed by atoms with van der Waals surface area (Å²) in [6, 6.07) is 0. The quantitative estimate of drug-likeness (QED) is 0.660. The van der Waals surface area contributed by atoms with Crippen molar-refractivity contribution >= 4 is 0 Å². The molecule has 0 aromatic rings. The molecule has 2 rings (SSSR count). The molecule has 0 radical (unpaired) electrons. The SMILES string of the molecule is CC(C)CN1CCC2(CNC2)C1. The molecule has 2 aliphatic heterocycles. The van der Waals surface area contributed by atoms with Gasteiger partial charge in [0.05, 0.1) is 0 Å². The lowest BCUT2D eigenvalue weighted by Crippen LogP contribution is -2.54. The van der Waals surface area contributed by atoms with Crippen molar-refractivity contribution in [3.63, 3.8) is 0 Å². The average Bonchev–Trinajstić information content (AvgIpc) is 2.29. The van der Waals surface area contributed by atoms with Gasteiger partial charge in [0.25, 0.3) is 0 Å². The summed E-state index contributed by atoms with van der Waals surface area (Å²) in [5.74, 6) is 0.827. The first-order chi connectivity index (χ1) is 5.70. The predicted octanol–water partition coefficient (Wildman–Crippen LogP) is 0.938. The van der Waals surface area contributed by atoms with Gasteiger partial charge in [-0.15, -0.1) is 0 Å². The Kier molecular flexibility index (Phi) is 2.13. The van der Waals surface area contributed by atoms with Crippen molar-refractivity contribution in [2.24, 2.45) is 11.3 Å². The summed E-state index contributed by atoms with van der Waals surface area (Å²) in [7, 11) is 0. The Labute approximate surface area is 75.3 Å². The second-order valence-corrected chi connectivity index (χ2v) is 4.98. The van der Waals surface area contributed by atoms with Crippen molar-refractivity contribution in [1.82, 2.24) is 10.2 Å². The Morgan fingerprint density at radius 1 is 1.42 bits per heavy atom. The van der Waals surface area contributed by atoms with Gasteiger partial charge in [-0.2, -0.15) is 0 Å². The van der Waals surface area contributed by atoms with E-state index in [1.807, 2.05) is 0 Å². The molecule has 2 aliphatic rings. The fraction of sp³-hybridized carbons (Fsp3) is 1.00. The van der Waals surface area contributed by atoms with Gasteiger partial charge in [-0.05, 0) is 18.9 Å². The zero-order valence-electron chi connectivity index (χ0n) is 8.27. The fourth-order valence-electron chi connectivity index (χ4n) is 2.47. The van der Waals surface area contributed by atoms with E-state index in [4.69, 9.17) is 0 Å². The molecule has 2 heterocycles. The number of rotatable bonds is 2. The van der Waals surface area contributed by atoms with Gasteiger partial charge in [-0.25, -0.2) is 0 Å². The van der Waals surface area contributed by atoms with Gasteiger partial charge < -0.3 is 10.2 Å². The summed E-state index contributed by atoms with van der Waals surface area (Å²) in [5.41, 5.74) is 0.689.